The number of hydrogen-bond donors (Lipinski definition) is 4. The minimum Gasteiger partial charge on any atom is -0.394 e. The molecule has 4 atom stereocenters. The fraction of sp³-hybridized carbons (Fsp3) is 0.556. The Bertz CT molecular complexity index is 516. The second-order valence-corrected chi connectivity index (χ2v) is 4.15. The van der Waals surface area contributed by atoms with E-state index in [2.05, 4.69) is 9.97 Å². The highest BCUT2D eigenvalue weighted by Gasteiger charge is 2.45. The van der Waals surface area contributed by atoms with Gasteiger partial charge in [0, 0.05) is 6.20 Å². The molecule has 0 saturated carbocycles. The van der Waals surface area contributed by atoms with E-state index in [-0.39, 0.29) is 10.3 Å². The molecule has 0 aromatic carbocycles. The third-order valence-corrected chi connectivity index (χ3v) is 2.87. The van der Waals surface area contributed by atoms with E-state index in [1.54, 1.807) is 0 Å². The van der Waals surface area contributed by atoms with Crippen LogP contribution in [0.25, 0.3) is 0 Å². The summed E-state index contributed by atoms with van der Waals surface area (Å²) in [5.74, 6) is 0. The number of aromatic amines is 2. The smallest absolute Gasteiger partial charge is 0.257 e. The number of rotatable bonds is 2. The van der Waals surface area contributed by atoms with Gasteiger partial charge in [0.15, 0.2) is 10.9 Å². The zero-order valence-corrected chi connectivity index (χ0v) is 9.41. The molecule has 2 unspecified atom stereocenters. The average Bonchev–Trinajstić information content (AvgIpc) is 2.57. The maximum Gasteiger partial charge on any atom is 0.257 e. The molecule has 1 aromatic rings. The molecule has 0 radical (unpaired) electrons. The normalized spacial score (nSPS) is 32.9. The Hall–Kier alpha value is -1.09. The summed E-state index contributed by atoms with van der Waals surface area (Å²) in [6.45, 7) is -0.515. The van der Waals surface area contributed by atoms with Gasteiger partial charge in [-0.05, 0) is 12.2 Å². The predicted molar refractivity (Wildman–Crippen MR) is 57.9 cm³/mol. The summed E-state index contributed by atoms with van der Waals surface area (Å²) in [6.07, 6.45) is -4.22. The zero-order valence-electron chi connectivity index (χ0n) is 8.59. The van der Waals surface area contributed by atoms with Gasteiger partial charge in [-0.1, -0.05) is 0 Å². The van der Waals surface area contributed by atoms with E-state index < -0.39 is 36.6 Å². The lowest BCUT2D eigenvalue weighted by Gasteiger charge is -2.11. The van der Waals surface area contributed by atoms with Crippen LogP contribution in [0, 0.1) is 4.77 Å². The first-order valence-corrected chi connectivity index (χ1v) is 5.35. The van der Waals surface area contributed by atoms with Gasteiger partial charge in [0.2, 0.25) is 0 Å². The third-order valence-electron chi connectivity index (χ3n) is 2.65. The largest absolute Gasteiger partial charge is 0.394 e. The van der Waals surface area contributed by atoms with Crippen molar-refractivity contribution in [2.75, 3.05) is 6.61 Å². The average molecular weight is 262 g/mol. The van der Waals surface area contributed by atoms with Gasteiger partial charge in [-0.25, -0.2) is 4.39 Å². The van der Waals surface area contributed by atoms with Gasteiger partial charge in [0.1, 0.15) is 18.3 Å². The molecule has 6 nitrogen and oxygen atoms in total. The molecule has 2 heterocycles. The van der Waals surface area contributed by atoms with Crippen molar-refractivity contribution in [3.63, 3.8) is 0 Å². The Labute approximate surface area is 100 Å². The number of halogens is 1. The lowest BCUT2D eigenvalue weighted by Crippen LogP contribution is -2.30. The van der Waals surface area contributed by atoms with Crippen molar-refractivity contribution >= 4 is 12.2 Å². The van der Waals surface area contributed by atoms with Crippen LogP contribution in [0.2, 0.25) is 0 Å². The molecule has 94 valence electrons. The number of nitrogens with one attached hydrogen (secondary N) is 2. The van der Waals surface area contributed by atoms with E-state index in [0.717, 1.165) is 0 Å². The Morgan fingerprint density at radius 3 is 2.82 bits per heavy atom. The van der Waals surface area contributed by atoms with Crippen molar-refractivity contribution in [1.82, 2.24) is 9.97 Å². The van der Waals surface area contributed by atoms with E-state index in [1.807, 2.05) is 0 Å². The van der Waals surface area contributed by atoms with Crippen LogP contribution in [0.1, 0.15) is 11.7 Å². The van der Waals surface area contributed by atoms with Crippen LogP contribution < -0.4 is 5.56 Å². The molecule has 1 saturated heterocycles. The summed E-state index contributed by atoms with van der Waals surface area (Å²) in [4.78, 5) is 16.4. The van der Waals surface area contributed by atoms with E-state index in [9.17, 15) is 14.3 Å². The van der Waals surface area contributed by atoms with Crippen molar-refractivity contribution in [2.45, 2.75) is 24.5 Å². The number of hydrogen-bond acceptors (Lipinski definition) is 5. The van der Waals surface area contributed by atoms with Gasteiger partial charge >= 0.3 is 0 Å². The Morgan fingerprint density at radius 2 is 2.29 bits per heavy atom. The van der Waals surface area contributed by atoms with Crippen LogP contribution in [0.15, 0.2) is 11.0 Å². The van der Waals surface area contributed by atoms with Crippen molar-refractivity contribution < 1.29 is 19.3 Å². The highest BCUT2D eigenvalue weighted by molar-refractivity contribution is 7.71. The second kappa shape index (κ2) is 4.65. The molecule has 2 rings (SSSR count). The highest BCUT2D eigenvalue weighted by atomic mass is 32.1. The standard InChI is InChI=1S/C9H11FN2O4S/c10-5-6(14)4(2-13)16-7(5)3-1-11-9(17)12-8(3)15/h1,4-7,13-14H,2H2,(H2,11,12,15,17)/t4-,5?,6?,7+/m1/s1. The van der Waals surface area contributed by atoms with Crippen LogP contribution in [0.4, 0.5) is 4.39 Å². The van der Waals surface area contributed by atoms with Gasteiger partial charge in [-0.2, -0.15) is 0 Å². The van der Waals surface area contributed by atoms with E-state index in [0.29, 0.717) is 0 Å². The molecular weight excluding hydrogens is 251 g/mol. The number of aliphatic hydroxyl groups is 2. The summed E-state index contributed by atoms with van der Waals surface area (Å²) in [7, 11) is 0. The van der Waals surface area contributed by atoms with Crippen molar-refractivity contribution in [1.29, 1.82) is 0 Å². The molecule has 1 fully saturated rings. The molecule has 8 heteroatoms. The summed E-state index contributed by atoms with van der Waals surface area (Å²) in [5.41, 5.74) is -0.576. The summed E-state index contributed by atoms with van der Waals surface area (Å²) in [6, 6.07) is 0. The number of ether oxygens (including phenoxy) is 1. The van der Waals surface area contributed by atoms with E-state index >= 15 is 0 Å². The van der Waals surface area contributed by atoms with Crippen LogP contribution >= 0.6 is 12.2 Å². The van der Waals surface area contributed by atoms with E-state index in [1.165, 1.54) is 6.20 Å². The molecule has 0 aliphatic carbocycles. The van der Waals surface area contributed by atoms with Gasteiger partial charge < -0.3 is 19.9 Å². The molecule has 0 bridgehead atoms. The van der Waals surface area contributed by atoms with Gasteiger partial charge in [-0.15, -0.1) is 0 Å². The zero-order chi connectivity index (χ0) is 12.6. The van der Waals surface area contributed by atoms with E-state index in [4.69, 9.17) is 22.1 Å². The molecular formula is C9H11FN2O4S. The fourth-order valence-electron chi connectivity index (χ4n) is 1.76. The summed E-state index contributed by atoms with van der Waals surface area (Å²) in [5, 5.41) is 18.3. The minimum atomic E-state index is -1.77. The molecule has 0 spiro atoms. The number of H-pyrrole nitrogens is 2. The first kappa shape index (κ1) is 12.4. The Balaban J connectivity index is 2.35. The maximum atomic E-state index is 13.7. The Kier molecular flexibility index (Phi) is 3.38. The Morgan fingerprint density at radius 1 is 1.59 bits per heavy atom. The molecule has 1 aromatic heterocycles. The summed E-state index contributed by atoms with van der Waals surface area (Å²) < 4.78 is 18.9. The van der Waals surface area contributed by atoms with Crippen molar-refractivity contribution in [3.05, 3.63) is 26.9 Å². The van der Waals surface area contributed by atoms with Crippen LogP contribution in [-0.4, -0.2) is 45.2 Å². The minimum absolute atomic E-state index is 0.00102. The number of alkyl halides is 1. The first-order chi connectivity index (χ1) is 8.04. The van der Waals surface area contributed by atoms with Gasteiger partial charge in [0.25, 0.3) is 5.56 Å². The van der Waals surface area contributed by atoms with Crippen LogP contribution in [0.5, 0.6) is 0 Å². The molecule has 0 amide bonds. The fourth-order valence-corrected chi connectivity index (χ4v) is 1.91. The topological polar surface area (TPSA) is 98.3 Å². The van der Waals surface area contributed by atoms with Gasteiger partial charge in [-0.3, -0.25) is 9.78 Å². The predicted octanol–water partition coefficient (Wildman–Crippen LogP) is -0.436. The van der Waals surface area contributed by atoms with Crippen LogP contribution in [-0.2, 0) is 4.74 Å². The van der Waals surface area contributed by atoms with Gasteiger partial charge in [0.05, 0.1) is 12.2 Å². The van der Waals surface area contributed by atoms with Crippen molar-refractivity contribution in [2.24, 2.45) is 0 Å². The highest BCUT2D eigenvalue weighted by Crippen LogP contribution is 2.33. The lowest BCUT2D eigenvalue weighted by molar-refractivity contribution is -0.0230. The van der Waals surface area contributed by atoms with Crippen molar-refractivity contribution in [3.8, 4) is 0 Å². The van der Waals surface area contributed by atoms with Crippen LogP contribution in [0.3, 0.4) is 0 Å². The lowest BCUT2D eigenvalue weighted by atomic mass is 10.1. The third kappa shape index (κ3) is 2.16. The first-order valence-electron chi connectivity index (χ1n) is 4.95. The quantitative estimate of drug-likeness (QED) is 0.542. The maximum absolute atomic E-state index is 13.7. The summed E-state index contributed by atoms with van der Waals surface area (Å²) >= 11 is 4.70. The molecule has 1 aliphatic rings. The number of aromatic nitrogens is 2. The monoisotopic (exact) mass is 262 g/mol. The molecule has 4 N–H and O–H groups in total. The number of aliphatic hydroxyl groups excluding tert-OH is 2. The second-order valence-electron chi connectivity index (χ2n) is 3.74. The molecule has 17 heavy (non-hydrogen) atoms. The molecule has 1 aliphatic heterocycles. The SMILES string of the molecule is O=c1[nH]c(=S)[nH]cc1[C@@H]1O[C@H](CO)C(O)C1F.